The highest BCUT2D eigenvalue weighted by Crippen LogP contribution is 2.27. The molecular formula is C16H9BrN4O2. The van der Waals surface area contributed by atoms with Crippen LogP contribution in [0, 0.1) is 0 Å². The molecule has 0 spiro atoms. The van der Waals surface area contributed by atoms with Gasteiger partial charge in [0, 0.05) is 15.6 Å². The van der Waals surface area contributed by atoms with Gasteiger partial charge < -0.3 is 10.6 Å². The van der Waals surface area contributed by atoms with E-state index in [-0.39, 0.29) is 23.2 Å². The SMILES string of the molecule is O=C1Nc2ccccc2/C1=N/N=C1\C(=O)Nc2ccc(Br)cc21. The molecule has 2 amide bonds. The molecule has 0 saturated carbocycles. The number of halogens is 1. The molecule has 0 aliphatic carbocycles. The minimum atomic E-state index is -0.339. The van der Waals surface area contributed by atoms with Gasteiger partial charge in [0.2, 0.25) is 0 Å². The van der Waals surface area contributed by atoms with Crippen molar-refractivity contribution in [3.05, 3.63) is 58.1 Å². The third-order valence-electron chi connectivity index (χ3n) is 3.60. The van der Waals surface area contributed by atoms with Crippen molar-refractivity contribution in [1.82, 2.24) is 0 Å². The molecular weight excluding hydrogens is 360 g/mol. The van der Waals surface area contributed by atoms with Crippen molar-refractivity contribution in [3.63, 3.8) is 0 Å². The number of rotatable bonds is 1. The van der Waals surface area contributed by atoms with Gasteiger partial charge >= 0.3 is 0 Å². The van der Waals surface area contributed by atoms with Crippen LogP contribution >= 0.6 is 15.9 Å². The minimum Gasteiger partial charge on any atom is -0.320 e. The number of nitrogens with one attached hydrogen (secondary N) is 2. The lowest BCUT2D eigenvalue weighted by Crippen LogP contribution is -2.16. The molecule has 4 rings (SSSR count). The maximum Gasteiger partial charge on any atom is 0.276 e. The molecule has 6 nitrogen and oxygen atoms in total. The summed E-state index contributed by atoms with van der Waals surface area (Å²) in [7, 11) is 0. The summed E-state index contributed by atoms with van der Waals surface area (Å²) in [6.07, 6.45) is 0. The average Bonchev–Trinajstić information content (AvgIpc) is 3.01. The first-order valence-corrected chi connectivity index (χ1v) is 7.60. The summed E-state index contributed by atoms with van der Waals surface area (Å²) in [5.41, 5.74) is 3.08. The van der Waals surface area contributed by atoms with Crippen LogP contribution in [-0.4, -0.2) is 23.2 Å². The van der Waals surface area contributed by atoms with Crippen LogP contribution in [0.3, 0.4) is 0 Å². The zero-order chi connectivity index (χ0) is 16.0. The standard InChI is InChI=1S/C16H9BrN4O2/c17-8-5-6-12-10(7-8)14(16(23)19-12)21-20-13-9-3-1-2-4-11(9)18-15(13)22/h1-7H,(H,18,20,22)(H,19,21,23). The molecule has 2 aliphatic heterocycles. The fourth-order valence-electron chi connectivity index (χ4n) is 2.53. The Balaban J connectivity index is 1.79. The van der Waals surface area contributed by atoms with Gasteiger partial charge in [-0.1, -0.05) is 34.1 Å². The van der Waals surface area contributed by atoms with Gasteiger partial charge in [0.25, 0.3) is 11.8 Å². The molecule has 23 heavy (non-hydrogen) atoms. The maximum atomic E-state index is 12.0. The summed E-state index contributed by atoms with van der Waals surface area (Å²) >= 11 is 3.37. The van der Waals surface area contributed by atoms with Crippen molar-refractivity contribution in [3.8, 4) is 0 Å². The van der Waals surface area contributed by atoms with Gasteiger partial charge in [-0.3, -0.25) is 9.59 Å². The zero-order valence-corrected chi connectivity index (χ0v) is 13.2. The number of carbonyl (C=O) groups excluding carboxylic acids is 2. The van der Waals surface area contributed by atoms with Gasteiger partial charge in [0.05, 0.1) is 11.4 Å². The highest BCUT2D eigenvalue weighted by atomic mass is 79.9. The number of amides is 2. The Kier molecular flexibility index (Phi) is 3.09. The first-order chi connectivity index (χ1) is 11.1. The van der Waals surface area contributed by atoms with E-state index in [0.29, 0.717) is 22.5 Å². The monoisotopic (exact) mass is 368 g/mol. The number of benzene rings is 2. The van der Waals surface area contributed by atoms with E-state index in [2.05, 4.69) is 36.8 Å². The predicted octanol–water partition coefficient (Wildman–Crippen LogP) is 2.55. The van der Waals surface area contributed by atoms with E-state index < -0.39 is 0 Å². The second-order valence-corrected chi connectivity index (χ2v) is 5.96. The van der Waals surface area contributed by atoms with Crippen molar-refractivity contribution < 1.29 is 9.59 Å². The van der Waals surface area contributed by atoms with Crippen molar-refractivity contribution in [1.29, 1.82) is 0 Å². The Morgan fingerprint density at radius 2 is 1.39 bits per heavy atom. The van der Waals surface area contributed by atoms with Crippen LogP contribution in [0.25, 0.3) is 0 Å². The largest absolute Gasteiger partial charge is 0.320 e. The van der Waals surface area contributed by atoms with Gasteiger partial charge in [-0.05, 0) is 24.3 Å². The van der Waals surface area contributed by atoms with E-state index >= 15 is 0 Å². The van der Waals surface area contributed by atoms with E-state index in [9.17, 15) is 9.59 Å². The molecule has 0 saturated heterocycles. The van der Waals surface area contributed by atoms with Gasteiger partial charge in [-0.2, -0.15) is 0 Å². The normalized spacial score (nSPS) is 18.8. The van der Waals surface area contributed by atoms with E-state index in [1.54, 1.807) is 24.3 Å². The molecule has 0 radical (unpaired) electrons. The van der Waals surface area contributed by atoms with E-state index in [0.717, 1.165) is 4.47 Å². The first kappa shape index (κ1) is 13.8. The molecule has 0 bridgehead atoms. The third-order valence-corrected chi connectivity index (χ3v) is 4.09. The zero-order valence-electron chi connectivity index (χ0n) is 11.6. The molecule has 2 N–H and O–H groups in total. The number of para-hydroxylation sites is 1. The summed E-state index contributed by atoms with van der Waals surface area (Å²) in [6, 6.07) is 12.6. The lowest BCUT2D eigenvalue weighted by Gasteiger charge is -1.97. The van der Waals surface area contributed by atoms with Crippen LogP contribution in [0.1, 0.15) is 11.1 Å². The molecule has 0 fully saturated rings. The summed E-state index contributed by atoms with van der Waals surface area (Å²) < 4.78 is 0.831. The molecule has 7 heteroatoms. The third kappa shape index (κ3) is 2.25. The topological polar surface area (TPSA) is 82.9 Å². The number of nitrogens with zero attached hydrogens (tertiary/aromatic N) is 2. The molecule has 2 aliphatic rings. The lowest BCUT2D eigenvalue weighted by atomic mass is 10.1. The van der Waals surface area contributed by atoms with Gasteiger partial charge in [-0.25, -0.2) is 0 Å². The van der Waals surface area contributed by atoms with Crippen LogP contribution in [0.2, 0.25) is 0 Å². The van der Waals surface area contributed by atoms with Crippen molar-refractivity contribution in [2.45, 2.75) is 0 Å². The van der Waals surface area contributed by atoms with Crippen LogP contribution in [0.4, 0.5) is 11.4 Å². The molecule has 112 valence electrons. The number of hydrogen-bond acceptors (Lipinski definition) is 4. The lowest BCUT2D eigenvalue weighted by molar-refractivity contribution is -0.111. The highest BCUT2D eigenvalue weighted by Gasteiger charge is 2.28. The van der Waals surface area contributed by atoms with Crippen LogP contribution in [0.5, 0.6) is 0 Å². The Hall–Kier alpha value is -2.80. The van der Waals surface area contributed by atoms with Crippen molar-refractivity contribution >= 4 is 50.5 Å². The number of hydrogen-bond donors (Lipinski definition) is 2. The fraction of sp³-hybridized carbons (Fsp3) is 0. The molecule has 2 aromatic rings. The summed E-state index contributed by atoms with van der Waals surface area (Å²) in [5, 5.41) is 13.5. The van der Waals surface area contributed by atoms with Gasteiger partial charge in [-0.15, -0.1) is 10.2 Å². The number of anilines is 2. The number of fused-ring (bicyclic) bond motifs is 2. The quantitative estimate of drug-likeness (QED) is 0.758. The highest BCUT2D eigenvalue weighted by molar-refractivity contribution is 9.10. The predicted molar refractivity (Wildman–Crippen MR) is 90.9 cm³/mol. The summed E-state index contributed by atoms with van der Waals surface area (Å²) in [6.45, 7) is 0. The maximum absolute atomic E-state index is 12.0. The number of carbonyl (C=O) groups is 2. The molecule has 0 unspecified atom stereocenters. The first-order valence-electron chi connectivity index (χ1n) is 6.81. The van der Waals surface area contributed by atoms with Gasteiger partial charge in [0.1, 0.15) is 0 Å². The van der Waals surface area contributed by atoms with Crippen molar-refractivity contribution in [2.75, 3.05) is 10.6 Å². The minimum absolute atomic E-state index is 0.186. The molecule has 2 aromatic carbocycles. The summed E-state index contributed by atoms with van der Waals surface area (Å²) in [5.74, 6) is -0.669. The smallest absolute Gasteiger partial charge is 0.276 e. The Bertz CT molecular complexity index is 933. The fourth-order valence-corrected chi connectivity index (χ4v) is 2.89. The van der Waals surface area contributed by atoms with Gasteiger partial charge in [0.15, 0.2) is 11.4 Å². The Labute approximate surface area is 139 Å². The Morgan fingerprint density at radius 1 is 0.783 bits per heavy atom. The van der Waals surface area contributed by atoms with Crippen LogP contribution in [0.15, 0.2) is 57.1 Å². The van der Waals surface area contributed by atoms with Crippen LogP contribution in [-0.2, 0) is 9.59 Å². The Morgan fingerprint density at radius 3 is 2.13 bits per heavy atom. The molecule has 0 aromatic heterocycles. The molecule has 0 atom stereocenters. The van der Waals surface area contributed by atoms with E-state index in [1.807, 2.05) is 18.2 Å². The van der Waals surface area contributed by atoms with E-state index in [1.165, 1.54) is 0 Å². The second kappa shape index (κ2) is 5.13. The van der Waals surface area contributed by atoms with E-state index in [4.69, 9.17) is 0 Å². The van der Waals surface area contributed by atoms with Crippen LogP contribution < -0.4 is 10.6 Å². The van der Waals surface area contributed by atoms with Crippen molar-refractivity contribution in [2.24, 2.45) is 10.2 Å². The summed E-state index contributed by atoms with van der Waals surface area (Å²) in [4.78, 5) is 24.0. The second-order valence-electron chi connectivity index (χ2n) is 5.04. The molecule has 2 heterocycles. The average molecular weight is 369 g/mol.